The van der Waals surface area contributed by atoms with E-state index in [9.17, 15) is 14.9 Å². The lowest BCUT2D eigenvalue weighted by Gasteiger charge is -2.33. The largest absolute Gasteiger partial charge is 0.365 e. The van der Waals surface area contributed by atoms with Gasteiger partial charge in [0.05, 0.1) is 22.2 Å². The summed E-state index contributed by atoms with van der Waals surface area (Å²) in [5.74, 6) is 2.22. The first-order valence-electron chi connectivity index (χ1n) is 10.4. The molecule has 2 aliphatic heterocycles. The molecule has 5 rings (SSSR count). The van der Waals surface area contributed by atoms with Crippen LogP contribution in [0, 0.1) is 10.1 Å². The van der Waals surface area contributed by atoms with E-state index < -0.39 is 4.92 Å². The third kappa shape index (κ3) is 3.21. The third-order valence-corrected chi connectivity index (χ3v) is 6.20. The van der Waals surface area contributed by atoms with Crippen molar-refractivity contribution < 1.29 is 4.92 Å². The Balaban J connectivity index is 1.52. The number of aromatic nitrogens is 5. The minimum atomic E-state index is -0.423. The van der Waals surface area contributed by atoms with E-state index in [1.165, 1.54) is 18.8 Å². The number of nitro benzene ring substituents is 1. The zero-order chi connectivity index (χ0) is 20.7. The van der Waals surface area contributed by atoms with Gasteiger partial charge in [-0.15, -0.1) is 10.2 Å². The molecule has 156 valence electrons. The van der Waals surface area contributed by atoms with Crippen molar-refractivity contribution >= 4 is 22.3 Å². The van der Waals surface area contributed by atoms with Crippen LogP contribution in [0.5, 0.6) is 0 Å². The highest BCUT2D eigenvalue weighted by Gasteiger charge is 2.31. The van der Waals surface area contributed by atoms with Crippen LogP contribution in [0.15, 0.2) is 23.3 Å². The Kier molecular flexibility index (Phi) is 4.68. The van der Waals surface area contributed by atoms with Gasteiger partial charge in [-0.05, 0) is 31.7 Å². The molecule has 1 saturated heterocycles. The fourth-order valence-corrected chi connectivity index (χ4v) is 4.71. The van der Waals surface area contributed by atoms with Crippen LogP contribution in [0.4, 0.5) is 11.4 Å². The molecular weight excluding hydrogens is 386 g/mol. The van der Waals surface area contributed by atoms with E-state index in [0.29, 0.717) is 24.3 Å². The summed E-state index contributed by atoms with van der Waals surface area (Å²) in [4.78, 5) is 32.1. The molecule has 30 heavy (non-hydrogen) atoms. The van der Waals surface area contributed by atoms with Crippen LogP contribution in [-0.2, 0) is 13.0 Å². The summed E-state index contributed by atoms with van der Waals surface area (Å²) in [6, 6.07) is 3.00. The second-order valence-corrected chi connectivity index (χ2v) is 8.07. The summed E-state index contributed by atoms with van der Waals surface area (Å²) in [6.07, 6.45) is 7.65. The highest BCUT2D eigenvalue weighted by Crippen LogP contribution is 2.36. The first-order chi connectivity index (χ1) is 14.6. The van der Waals surface area contributed by atoms with Gasteiger partial charge in [-0.25, -0.2) is 4.98 Å². The van der Waals surface area contributed by atoms with Crippen molar-refractivity contribution in [1.82, 2.24) is 24.7 Å². The van der Waals surface area contributed by atoms with Gasteiger partial charge < -0.3 is 14.5 Å². The third-order valence-electron chi connectivity index (χ3n) is 6.20. The predicted octanol–water partition coefficient (Wildman–Crippen LogP) is 2.53. The number of aromatic amines is 1. The van der Waals surface area contributed by atoms with E-state index in [2.05, 4.69) is 24.7 Å². The van der Waals surface area contributed by atoms with Crippen LogP contribution in [0.3, 0.4) is 0 Å². The molecule has 1 aromatic carbocycles. The molecule has 1 N–H and O–H groups in total. The molecule has 0 bridgehead atoms. The van der Waals surface area contributed by atoms with Crippen LogP contribution in [0.25, 0.3) is 10.9 Å². The highest BCUT2D eigenvalue weighted by atomic mass is 16.6. The Morgan fingerprint density at radius 2 is 2.03 bits per heavy atom. The average Bonchev–Trinajstić information content (AvgIpc) is 3.01. The van der Waals surface area contributed by atoms with E-state index >= 15 is 0 Å². The molecule has 0 aliphatic carbocycles. The number of aryl methyl sites for hydroxylation is 1. The summed E-state index contributed by atoms with van der Waals surface area (Å²) < 4.78 is 2.26. The number of fused-ring (bicyclic) bond motifs is 2. The molecule has 0 radical (unpaired) electrons. The standard InChI is InChI=1S/C20H23N7O3/c28-20-14-9-17(27(29)30)16(10-15(14)21-12-22-20)25-7-4-5-13(11-25)19-24-23-18-6-2-1-3-8-26(18)19/h9-10,12-13H,1-8,11H2,(H,21,22,28). The molecular formula is C20H23N7O3. The van der Waals surface area contributed by atoms with Gasteiger partial charge >= 0.3 is 0 Å². The Morgan fingerprint density at radius 1 is 1.13 bits per heavy atom. The van der Waals surface area contributed by atoms with E-state index in [1.54, 1.807) is 6.07 Å². The van der Waals surface area contributed by atoms with E-state index in [0.717, 1.165) is 50.3 Å². The number of nitrogens with zero attached hydrogens (tertiary/aromatic N) is 6. The molecule has 3 aromatic rings. The number of hydrogen-bond acceptors (Lipinski definition) is 7. The maximum Gasteiger partial charge on any atom is 0.293 e. The number of hydrogen-bond donors (Lipinski definition) is 1. The molecule has 1 atom stereocenters. The van der Waals surface area contributed by atoms with E-state index in [1.807, 2.05) is 4.90 Å². The van der Waals surface area contributed by atoms with Crippen molar-refractivity contribution in [2.45, 2.75) is 51.0 Å². The Hall–Kier alpha value is -3.30. The first kappa shape index (κ1) is 18.7. The van der Waals surface area contributed by atoms with Crippen LogP contribution in [0.1, 0.15) is 49.7 Å². The molecule has 0 amide bonds. The Bertz CT molecular complexity index is 1170. The number of nitrogens with one attached hydrogen (secondary N) is 1. The molecule has 0 spiro atoms. The number of anilines is 1. The van der Waals surface area contributed by atoms with Gasteiger partial charge in [0.25, 0.3) is 11.2 Å². The van der Waals surface area contributed by atoms with Crippen molar-refractivity contribution in [3.63, 3.8) is 0 Å². The number of piperidine rings is 1. The molecule has 0 saturated carbocycles. The summed E-state index contributed by atoms with van der Waals surface area (Å²) in [5, 5.41) is 20.9. The lowest BCUT2D eigenvalue weighted by atomic mass is 9.96. The van der Waals surface area contributed by atoms with Gasteiger partial charge in [-0.1, -0.05) is 6.42 Å². The zero-order valence-electron chi connectivity index (χ0n) is 16.6. The Morgan fingerprint density at radius 3 is 2.90 bits per heavy atom. The van der Waals surface area contributed by atoms with Crippen molar-refractivity contribution in [3.05, 3.63) is 50.6 Å². The summed E-state index contributed by atoms with van der Waals surface area (Å²) in [6.45, 7) is 2.29. The zero-order valence-corrected chi connectivity index (χ0v) is 16.6. The average molecular weight is 409 g/mol. The minimum Gasteiger partial charge on any atom is -0.365 e. The van der Waals surface area contributed by atoms with Gasteiger partial charge in [-0.2, -0.15) is 0 Å². The van der Waals surface area contributed by atoms with Crippen molar-refractivity contribution in [3.8, 4) is 0 Å². The lowest BCUT2D eigenvalue weighted by Crippen LogP contribution is -2.36. The summed E-state index contributed by atoms with van der Waals surface area (Å²) in [7, 11) is 0. The van der Waals surface area contributed by atoms with Crippen molar-refractivity contribution in [1.29, 1.82) is 0 Å². The van der Waals surface area contributed by atoms with Crippen LogP contribution >= 0.6 is 0 Å². The number of rotatable bonds is 3. The fraction of sp³-hybridized carbons (Fsp3) is 0.500. The van der Waals surface area contributed by atoms with Crippen molar-refractivity contribution in [2.24, 2.45) is 0 Å². The fourth-order valence-electron chi connectivity index (χ4n) is 4.71. The van der Waals surface area contributed by atoms with Gasteiger partial charge in [0.1, 0.15) is 17.3 Å². The van der Waals surface area contributed by atoms with Gasteiger partial charge in [0.15, 0.2) is 0 Å². The second kappa shape index (κ2) is 7.51. The molecule has 10 heteroatoms. The van der Waals surface area contributed by atoms with Crippen LogP contribution < -0.4 is 10.5 Å². The molecule has 2 aliphatic rings. The molecule has 4 heterocycles. The quantitative estimate of drug-likeness (QED) is 0.521. The van der Waals surface area contributed by atoms with E-state index in [-0.39, 0.29) is 22.6 Å². The number of nitro groups is 1. The normalized spacial score (nSPS) is 19.5. The second-order valence-electron chi connectivity index (χ2n) is 8.07. The smallest absolute Gasteiger partial charge is 0.293 e. The minimum absolute atomic E-state index is 0.0678. The first-order valence-corrected chi connectivity index (χ1v) is 10.4. The van der Waals surface area contributed by atoms with Gasteiger partial charge in [0, 0.05) is 38.0 Å². The van der Waals surface area contributed by atoms with Gasteiger partial charge in [0.2, 0.25) is 0 Å². The highest BCUT2D eigenvalue weighted by molar-refractivity contribution is 5.87. The monoisotopic (exact) mass is 409 g/mol. The van der Waals surface area contributed by atoms with Crippen LogP contribution in [0.2, 0.25) is 0 Å². The molecule has 1 unspecified atom stereocenters. The molecule has 1 fully saturated rings. The molecule has 10 nitrogen and oxygen atoms in total. The number of H-pyrrole nitrogens is 1. The topological polar surface area (TPSA) is 123 Å². The Labute approximate surface area is 172 Å². The summed E-state index contributed by atoms with van der Waals surface area (Å²) >= 11 is 0. The maximum atomic E-state index is 12.1. The summed E-state index contributed by atoms with van der Waals surface area (Å²) in [5.41, 5.74) is 0.516. The van der Waals surface area contributed by atoms with Crippen molar-refractivity contribution in [2.75, 3.05) is 18.0 Å². The van der Waals surface area contributed by atoms with Crippen LogP contribution in [-0.4, -0.2) is 42.7 Å². The van der Waals surface area contributed by atoms with E-state index in [4.69, 9.17) is 0 Å². The number of benzene rings is 1. The maximum absolute atomic E-state index is 12.1. The predicted molar refractivity (Wildman–Crippen MR) is 111 cm³/mol. The van der Waals surface area contributed by atoms with Gasteiger partial charge in [-0.3, -0.25) is 14.9 Å². The lowest BCUT2D eigenvalue weighted by molar-refractivity contribution is -0.384. The molecule has 2 aromatic heterocycles. The SMILES string of the molecule is O=c1[nH]cnc2cc(N3CCCC(c4nnc5n4CCCCC5)C3)c([N+](=O)[O-])cc12.